The van der Waals surface area contributed by atoms with Crippen LogP contribution in [0.3, 0.4) is 0 Å². The fraction of sp³-hybridized carbons (Fsp3) is 0.600. The Balaban J connectivity index is 2.22. The molecule has 1 aromatic rings. The number of halogens is 2. The van der Waals surface area contributed by atoms with Gasteiger partial charge in [-0.3, -0.25) is 0 Å². The zero-order chi connectivity index (χ0) is 13.0. The van der Waals surface area contributed by atoms with Gasteiger partial charge in [-0.05, 0) is 43.5 Å². The van der Waals surface area contributed by atoms with Gasteiger partial charge in [0.05, 0.1) is 0 Å². The van der Waals surface area contributed by atoms with Crippen LogP contribution < -0.4 is 5.32 Å². The highest BCUT2D eigenvalue weighted by molar-refractivity contribution is 5.28. The molecule has 0 bridgehead atoms. The summed E-state index contributed by atoms with van der Waals surface area (Å²) in [6.07, 6.45) is 5.41. The molecule has 1 nitrogen and oxygen atoms in total. The van der Waals surface area contributed by atoms with E-state index in [1.807, 2.05) is 0 Å². The van der Waals surface area contributed by atoms with E-state index in [1.54, 1.807) is 0 Å². The van der Waals surface area contributed by atoms with Crippen LogP contribution in [-0.2, 0) is 5.41 Å². The van der Waals surface area contributed by atoms with Crippen molar-refractivity contribution >= 4 is 0 Å². The van der Waals surface area contributed by atoms with Crippen LogP contribution in [-0.4, -0.2) is 13.1 Å². The Labute approximate surface area is 108 Å². The molecule has 0 aliphatic heterocycles. The minimum atomic E-state index is -0.466. The first-order valence-electron chi connectivity index (χ1n) is 6.83. The van der Waals surface area contributed by atoms with E-state index in [1.165, 1.54) is 12.1 Å². The number of nitrogens with one attached hydrogen (secondary N) is 1. The van der Waals surface area contributed by atoms with Crippen molar-refractivity contribution in [3.63, 3.8) is 0 Å². The number of benzene rings is 1. The van der Waals surface area contributed by atoms with Gasteiger partial charge in [0.25, 0.3) is 0 Å². The Hall–Kier alpha value is -0.960. The lowest BCUT2D eigenvalue weighted by molar-refractivity contribution is 0.400. The lowest BCUT2D eigenvalue weighted by Crippen LogP contribution is -2.36. The second-order valence-corrected chi connectivity index (χ2v) is 5.32. The van der Waals surface area contributed by atoms with Crippen LogP contribution in [0.15, 0.2) is 18.2 Å². The average molecular weight is 253 g/mol. The van der Waals surface area contributed by atoms with Gasteiger partial charge in [0.2, 0.25) is 0 Å². The summed E-state index contributed by atoms with van der Waals surface area (Å²) in [6, 6.07) is 3.95. The minimum absolute atomic E-state index is 0.0713. The van der Waals surface area contributed by atoms with Gasteiger partial charge in [-0.15, -0.1) is 0 Å². The molecule has 0 unspecified atom stereocenters. The molecule has 0 atom stereocenters. The molecule has 1 aromatic carbocycles. The van der Waals surface area contributed by atoms with Crippen molar-refractivity contribution in [2.24, 2.45) is 0 Å². The summed E-state index contributed by atoms with van der Waals surface area (Å²) in [7, 11) is 0. The predicted molar refractivity (Wildman–Crippen MR) is 69.7 cm³/mol. The zero-order valence-corrected chi connectivity index (χ0v) is 10.9. The molecule has 0 spiro atoms. The lowest BCUT2D eigenvalue weighted by atomic mass is 9.78. The Morgan fingerprint density at radius 1 is 1.11 bits per heavy atom. The summed E-state index contributed by atoms with van der Waals surface area (Å²) in [5, 5.41) is 3.41. The molecule has 1 saturated carbocycles. The first-order valence-corrected chi connectivity index (χ1v) is 6.83. The summed E-state index contributed by atoms with van der Waals surface area (Å²) in [5.41, 5.74) is 0.749. The highest BCUT2D eigenvalue weighted by Crippen LogP contribution is 2.41. The molecule has 0 heterocycles. The van der Waals surface area contributed by atoms with E-state index in [0.717, 1.165) is 56.8 Å². The fourth-order valence-corrected chi connectivity index (χ4v) is 2.98. The van der Waals surface area contributed by atoms with Crippen molar-refractivity contribution in [2.45, 2.75) is 44.4 Å². The standard InChI is InChI=1S/C15H21F2N/c1-2-7-18-11-15(5-3-4-6-15)12-8-13(16)10-14(17)9-12/h8-10,18H,2-7,11H2,1H3. The Kier molecular flexibility index (Phi) is 4.33. The van der Waals surface area contributed by atoms with Gasteiger partial charge in [0.1, 0.15) is 11.6 Å². The summed E-state index contributed by atoms with van der Waals surface area (Å²) in [6.45, 7) is 3.90. The third kappa shape index (κ3) is 2.89. The molecule has 2 rings (SSSR count). The third-order valence-corrected chi connectivity index (χ3v) is 3.93. The molecule has 1 aliphatic carbocycles. The molecule has 1 fully saturated rings. The molecule has 1 N–H and O–H groups in total. The predicted octanol–water partition coefficient (Wildman–Crippen LogP) is 3.78. The van der Waals surface area contributed by atoms with Crippen LogP contribution in [0, 0.1) is 11.6 Å². The van der Waals surface area contributed by atoms with Gasteiger partial charge in [0, 0.05) is 18.0 Å². The van der Waals surface area contributed by atoms with Gasteiger partial charge in [-0.25, -0.2) is 8.78 Å². The maximum Gasteiger partial charge on any atom is 0.126 e. The van der Waals surface area contributed by atoms with Crippen LogP contribution in [0.4, 0.5) is 8.78 Å². The van der Waals surface area contributed by atoms with Crippen LogP contribution in [0.5, 0.6) is 0 Å². The monoisotopic (exact) mass is 253 g/mol. The topological polar surface area (TPSA) is 12.0 Å². The quantitative estimate of drug-likeness (QED) is 0.787. The van der Waals surface area contributed by atoms with Gasteiger partial charge < -0.3 is 5.32 Å². The first kappa shape index (κ1) is 13.5. The van der Waals surface area contributed by atoms with E-state index in [0.29, 0.717) is 0 Å². The average Bonchev–Trinajstić information content (AvgIpc) is 2.78. The fourth-order valence-electron chi connectivity index (χ4n) is 2.98. The van der Waals surface area contributed by atoms with Crippen LogP contribution in [0.2, 0.25) is 0 Å². The van der Waals surface area contributed by atoms with Crippen molar-refractivity contribution in [1.82, 2.24) is 5.32 Å². The second kappa shape index (κ2) is 5.79. The van der Waals surface area contributed by atoms with E-state index >= 15 is 0 Å². The van der Waals surface area contributed by atoms with Crippen LogP contribution in [0.25, 0.3) is 0 Å². The molecule has 18 heavy (non-hydrogen) atoms. The van der Waals surface area contributed by atoms with Gasteiger partial charge >= 0.3 is 0 Å². The Bertz CT molecular complexity index is 377. The largest absolute Gasteiger partial charge is 0.316 e. The molecule has 0 saturated heterocycles. The van der Waals surface area contributed by atoms with Crippen molar-refractivity contribution in [1.29, 1.82) is 0 Å². The first-order chi connectivity index (χ1) is 8.66. The molecule has 0 radical (unpaired) electrons. The number of rotatable bonds is 5. The van der Waals surface area contributed by atoms with Crippen molar-refractivity contribution < 1.29 is 8.78 Å². The van der Waals surface area contributed by atoms with Crippen LogP contribution >= 0.6 is 0 Å². The molecule has 0 aromatic heterocycles. The number of hydrogen-bond donors (Lipinski definition) is 1. The van der Waals surface area contributed by atoms with Gasteiger partial charge in [-0.2, -0.15) is 0 Å². The summed E-state index contributed by atoms with van der Waals surface area (Å²) in [5.74, 6) is -0.932. The minimum Gasteiger partial charge on any atom is -0.316 e. The molecule has 0 amide bonds. The van der Waals surface area contributed by atoms with Crippen molar-refractivity contribution in [3.8, 4) is 0 Å². The van der Waals surface area contributed by atoms with Crippen molar-refractivity contribution in [2.75, 3.05) is 13.1 Å². The van der Waals surface area contributed by atoms with E-state index in [4.69, 9.17) is 0 Å². The number of hydrogen-bond acceptors (Lipinski definition) is 1. The highest BCUT2D eigenvalue weighted by Gasteiger charge is 2.35. The highest BCUT2D eigenvalue weighted by atomic mass is 19.1. The van der Waals surface area contributed by atoms with Crippen molar-refractivity contribution in [3.05, 3.63) is 35.4 Å². The van der Waals surface area contributed by atoms with Gasteiger partial charge in [-0.1, -0.05) is 19.8 Å². The van der Waals surface area contributed by atoms with E-state index in [2.05, 4.69) is 12.2 Å². The molecular weight excluding hydrogens is 232 g/mol. The Morgan fingerprint density at radius 3 is 2.28 bits per heavy atom. The third-order valence-electron chi connectivity index (χ3n) is 3.93. The molecule has 1 aliphatic rings. The Morgan fingerprint density at radius 2 is 1.72 bits per heavy atom. The zero-order valence-electron chi connectivity index (χ0n) is 10.9. The second-order valence-electron chi connectivity index (χ2n) is 5.32. The van der Waals surface area contributed by atoms with Crippen LogP contribution in [0.1, 0.15) is 44.6 Å². The smallest absolute Gasteiger partial charge is 0.126 e. The molecule has 3 heteroatoms. The SMILES string of the molecule is CCCNCC1(c2cc(F)cc(F)c2)CCCC1. The summed E-state index contributed by atoms with van der Waals surface area (Å²) >= 11 is 0. The normalized spacial score (nSPS) is 18.2. The molecule has 100 valence electrons. The van der Waals surface area contributed by atoms with E-state index in [9.17, 15) is 8.78 Å². The summed E-state index contributed by atoms with van der Waals surface area (Å²) < 4.78 is 26.8. The maximum absolute atomic E-state index is 13.4. The van der Waals surface area contributed by atoms with E-state index < -0.39 is 11.6 Å². The summed E-state index contributed by atoms with van der Waals surface area (Å²) in [4.78, 5) is 0. The lowest BCUT2D eigenvalue weighted by Gasteiger charge is -2.30. The maximum atomic E-state index is 13.4. The van der Waals surface area contributed by atoms with Gasteiger partial charge in [0.15, 0.2) is 0 Å². The molecular formula is C15H21F2N. The van der Waals surface area contributed by atoms with E-state index in [-0.39, 0.29) is 5.41 Å².